The third-order valence-electron chi connectivity index (χ3n) is 2.89. The lowest BCUT2D eigenvalue weighted by Crippen LogP contribution is -2.41. The summed E-state index contributed by atoms with van der Waals surface area (Å²) in [6, 6.07) is 7.42. The molecule has 0 bridgehead atoms. The first kappa shape index (κ1) is 14.0. The maximum atomic E-state index is 12.0. The van der Waals surface area contributed by atoms with Crippen LogP contribution < -0.4 is 5.32 Å². The number of aliphatic carboxylic acids is 1. The number of aliphatic hydroxyl groups excluding tert-OH is 1. The number of carbonyl (C=O) groups is 2. The second-order valence-electron chi connectivity index (χ2n) is 4.29. The smallest absolute Gasteiger partial charge is 0.326 e. The molecule has 6 nitrogen and oxygen atoms in total. The average molecular weight is 274 g/mol. The van der Waals surface area contributed by atoms with Gasteiger partial charge in [0.1, 0.15) is 6.04 Å². The van der Waals surface area contributed by atoms with Crippen molar-refractivity contribution in [1.29, 1.82) is 0 Å². The number of benzene rings is 1. The Labute approximate surface area is 115 Å². The SMILES string of the molecule is O=C(N[C@H](CCO)C(=O)O)c1ccc2ncccc2c1. The van der Waals surface area contributed by atoms with Gasteiger partial charge < -0.3 is 15.5 Å². The summed E-state index contributed by atoms with van der Waals surface area (Å²) in [5.41, 5.74) is 1.11. The molecule has 0 aliphatic heterocycles. The van der Waals surface area contributed by atoms with Crippen LogP contribution in [0.15, 0.2) is 36.5 Å². The molecule has 0 radical (unpaired) electrons. The summed E-state index contributed by atoms with van der Waals surface area (Å²) >= 11 is 0. The molecule has 0 spiro atoms. The summed E-state index contributed by atoms with van der Waals surface area (Å²) in [5.74, 6) is -1.66. The van der Waals surface area contributed by atoms with E-state index in [4.69, 9.17) is 10.2 Å². The number of aliphatic hydroxyl groups is 1. The minimum absolute atomic E-state index is 0.0315. The fourth-order valence-corrected chi connectivity index (χ4v) is 1.84. The van der Waals surface area contributed by atoms with Crippen molar-refractivity contribution in [2.24, 2.45) is 0 Å². The van der Waals surface area contributed by atoms with Gasteiger partial charge in [0, 0.05) is 30.2 Å². The molecule has 6 heteroatoms. The Morgan fingerprint density at radius 1 is 1.30 bits per heavy atom. The normalized spacial score (nSPS) is 12.1. The molecule has 104 valence electrons. The van der Waals surface area contributed by atoms with E-state index in [2.05, 4.69) is 10.3 Å². The van der Waals surface area contributed by atoms with Gasteiger partial charge in [-0.3, -0.25) is 9.78 Å². The van der Waals surface area contributed by atoms with E-state index >= 15 is 0 Å². The zero-order valence-electron chi connectivity index (χ0n) is 10.6. The van der Waals surface area contributed by atoms with Gasteiger partial charge in [0.2, 0.25) is 0 Å². The summed E-state index contributed by atoms with van der Waals surface area (Å²) in [4.78, 5) is 27.1. The second kappa shape index (κ2) is 6.12. The fourth-order valence-electron chi connectivity index (χ4n) is 1.84. The van der Waals surface area contributed by atoms with Crippen LogP contribution >= 0.6 is 0 Å². The van der Waals surface area contributed by atoms with E-state index < -0.39 is 17.9 Å². The molecule has 2 aromatic rings. The minimum atomic E-state index is -1.17. The van der Waals surface area contributed by atoms with Gasteiger partial charge in [-0.05, 0) is 24.3 Å². The van der Waals surface area contributed by atoms with Gasteiger partial charge in [-0.25, -0.2) is 4.79 Å². The molecule has 3 N–H and O–H groups in total. The highest BCUT2D eigenvalue weighted by molar-refractivity contribution is 5.99. The molecule has 0 saturated heterocycles. The summed E-state index contributed by atoms with van der Waals surface area (Å²) in [7, 11) is 0. The minimum Gasteiger partial charge on any atom is -0.480 e. The molecule has 0 aliphatic carbocycles. The number of hydrogen-bond acceptors (Lipinski definition) is 4. The van der Waals surface area contributed by atoms with E-state index in [0.29, 0.717) is 5.56 Å². The van der Waals surface area contributed by atoms with Crippen LogP contribution in [0.5, 0.6) is 0 Å². The van der Waals surface area contributed by atoms with Crippen molar-refractivity contribution in [3.05, 3.63) is 42.1 Å². The first-order chi connectivity index (χ1) is 9.61. The maximum Gasteiger partial charge on any atom is 0.326 e. The van der Waals surface area contributed by atoms with E-state index in [1.54, 1.807) is 30.5 Å². The van der Waals surface area contributed by atoms with Crippen molar-refractivity contribution >= 4 is 22.8 Å². The molecule has 0 aliphatic rings. The predicted octanol–water partition coefficient (Wildman–Crippen LogP) is 0.800. The van der Waals surface area contributed by atoms with Crippen molar-refractivity contribution in [1.82, 2.24) is 10.3 Å². The number of pyridine rings is 1. The number of rotatable bonds is 5. The van der Waals surface area contributed by atoms with Crippen LogP contribution in [-0.2, 0) is 4.79 Å². The third-order valence-corrected chi connectivity index (χ3v) is 2.89. The highest BCUT2D eigenvalue weighted by Crippen LogP contribution is 2.13. The molecule has 0 fully saturated rings. The van der Waals surface area contributed by atoms with Gasteiger partial charge in [0.05, 0.1) is 5.52 Å². The highest BCUT2D eigenvalue weighted by atomic mass is 16.4. The van der Waals surface area contributed by atoms with Crippen molar-refractivity contribution in [2.75, 3.05) is 6.61 Å². The summed E-state index contributed by atoms with van der Waals surface area (Å²) in [6.45, 7) is -0.307. The molecular formula is C14H14N2O4. The number of carbonyl (C=O) groups excluding carboxylic acids is 1. The number of carboxylic acid groups (broad SMARTS) is 1. The van der Waals surface area contributed by atoms with Crippen LogP contribution in [0.3, 0.4) is 0 Å². The van der Waals surface area contributed by atoms with E-state index in [1.807, 2.05) is 6.07 Å². The number of aromatic nitrogens is 1. The molecule has 1 amide bonds. The summed E-state index contributed by atoms with van der Waals surface area (Å²) < 4.78 is 0. The number of carboxylic acids is 1. The maximum absolute atomic E-state index is 12.0. The quantitative estimate of drug-likeness (QED) is 0.749. The number of nitrogens with one attached hydrogen (secondary N) is 1. The highest BCUT2D eigenvalue weighted by Gasteiger charge is 2.20. The first-order valence-electron chi connectivity index (χ1n) is 6.11. The Morgan fingerprint density at radius 2 is 2.10 bits per heavy atom. The Balaban J connectivity index is 2.20. The topological polar surface area (TPSA) is 99.5 Å². The monoisotopic (exact) mass is 274 g/mol. The fraction of sp³-hybridized carbons (Fsp3) is 0.214. The average Bonchev–Trinajstić information content (AvgIpc) is 2.46. The molecular weight excluding hydrogens is 260 g/mol. The van der Waals surface area contributed by atoms with E-state index in [0.717, 1.165) is 10.9 Å². The van der Waals surface area contributed by atoms with Gasteiger partial charge in [0.15, 0.2) is 0 Å². The second-order valence-corrected chi connectivity index (χ2v) is 4.29. The Morgan fingerprint density at radius 3 is 2.80 bits per heavy atom. The Bertz CT molecular complexity index is 642. The van der Waals surface area contributed by atoms with Gasteiger partial charge in [-0.15, -0.1) is 0 Å². The van der Waals surface area contributed by atoms with Crippen LogP contribution in [0.1, 0.15) is 16.8 Å². The van der Waals surface area contributed by atoms with Gasteiger partial charge in [-0.1, -0.05) is 6.07 Å². The molecule has 1 aromatic carbocycles. The first-order valence-corrected chi connectivity index (χ1v) is 6.11. The molecule has 2 rings (SSSR count). The van der Waals surface area contributed by atoms with Gasteiger partial charge in [-0.2, -0.15) is 0 Å². The molecule has 0 unspecified atom stereocenters. The molecule has 20 heavy (non-hydrogen) atoms. The van der Waals surface area contributed by atoms with Crippen LogP contribution in [0.4, 0.5) is 0 Å². The standard InChI is InChI=1S/C14H14N2O4/c17-7-5-12(14(19)20)16-13(18)10-3-4-11-9(8-10)2-1-6-15-11/h1-4,6,8,12,17H,5,7H2,(H,16,18)(H,19,20)/t12-/m1/s1. The predicted molar refractivity (Wildman–Crippen MR) is 72.3 cm³/mol. The van der Waals surface area contributed by atoms with Crippen LogP contribution in [-0.4, -0.2) is 39.7 Å². The van der Waals surface area contributed by atoms with Gasteiger partial charge >= 0.3 is 5.97 Å². The zero-order valence-corrected chi connectivity index (χ0v) is 10.6. The van der Waals surface area contributed by atoms with Crippen molar-refractivity contribution in [3.8, 4) is 0 Å². The number of fused-ring (bicyclic) bond motifs is 1. The van der Waals surface area contributed by atoms with E-state index in [-0.39, 0.29) is 13.0 Å². The lowest BCUT2D eigenvalue weighted by Gasteiger charge is -2.13. The zero-order chi connectivity index (χ0) is 14.5. The summed E-state index contributed by atoms with van der Waals surface area (Å²) in [5, 5.41) is 20.9. The van der Waals surface area contributed by atoms with E-state index in [9.17, 15) is 9.59 Å². The van der Waals surface area contributed by atoms with Crippen LogP contribution in [0, 0.1) is 0 Å². The van der Waals surface area contributed by atoms with Gasteiger partial charge in [0.25, 0.3) is 5.91 Å². The van der Waals surface area contributed by atoms with Crippen LogP contribution in [0.25, 0.3) is 10.9 Å². The molecule has 1 aromatic heterocycles. The largest absolute Gasteiger partial charge is 0.480 e. The molecule has 0 saturated carbocycles. The lowest BCUT2D eigenvalue weighted by atomic mass is 10.1. The van der Waals surface area contributed by atoms with Crippen LogP contribution in [0.2, 0.25) is 0 Å². The Hall–Kier alpha value is -2.47. The summed E-state index contributed by atoms with van der Waals surface area (Å²) in [6.07, 6.45) is 1.62. The Kier molecular flexibility index (Phi) is 4.27. The van der Waals surface area contributed by atoms with Crippen molar-refractivity contribution in [2.45, 2.75) is 12.5 Å². The van der Waals surface area contributed by atoms with E-state index in [1.165, 1.54) is 0 Å². The molecule has 1 heterocycles. The van der Waals surface area contributed by atoms with Crippen molar-refractivity contribution < 1.29 is 19.8 Å². The number of amides is 1. The van der Waals surface area contributed by atoms with Crippen molar-refractivity contribution in [3.63, 3.8) is 0 Å². The number of nitrogens with zero attached hydrogens (tertiary/aromatic N) is 1. The lowest BCUT2D eigenvalue weighted by molar-refractivity contribution is -0.139. The molecule has 1 atom stereocenters. The third kappa shape index (κ3) is 3.10. The number of hydrogen-bond donors (Lipinski definition) is 3.